The summed E-state index contributed by atoms with van der Waals surface area (Å²) in [4.78, 5) is 24.6. The van der Waals surface area contributed by atoms with Crippen LogP contribution in [0.5, 0.6) is 11.5 Å². The van der Waals surface area contributed by atoms with Gasteiger partial charge in [0.1, 0.15) is 0 Å². The molecule has 2 amide bonds. The van der Waals surface area contributed by atoms with Crippen LogP contribution in [0.4, 0.5) is 0 Å². The maximum absolute atomic E-state index is 13.0. The molecular formula is C35H65N3O6. The summed E-state index contributed by atoms with van der Waals surface area (Å²) in [5.41, 5.74) is 5.41. The fourth-order valence-corrected chi connectivity index (χ4v) is 5.58. The van der Waals surface area contributed by atoms with Gasteiger partial charge < -0.3 is 35.7 Å². The van der Waals surface area contributed by atoms with Crippen LogP contribution < -0.4 is 25.8 Å². The lowest BCUT2D eigenvalue weighted by atomic mass is 9.76. The van der Waals surface area contributed by atoms with Gasteiger partial charge in [-0.15, -0.1) is 0 Å². The van der Waals surface area contributed by atoms with Gasteiger partial charge in [0.2, 0.25) is 11.8 Å². The van der Waals surface area contributed by atoms with Crippen LogP contribution in [0.2, 0.25) is 0 Å². The van der Waals surface area contributed by atoms with Crippen molar-refractivity contribution in [1.29, 1.82) is 0 Å². The fraction of sp³-hybridized carbons (Fsp3) is 0.771. The third kappa shape index (κ3) is 15.6. The van der Waals surface area contributed by atoms with Gasteiger partial charge in [0.05, 0.1) is 25.4 Å². The number of hydrogen-bond acceptors (Lipinski definition) is 7. The molecule has 9 heteroatoms. The number of nitrogens with two attached hydrogens (primary N) is 1. The number of nitrogens with one attached hydrogen (secondary N) is 2. The summed E-state index contributed by atoms with van der Waals surface area (Å²) in [6.07, 6.45) is 8.20. The molecule has 1 aromatic carbocycles. The molecule has 9 nitrogen and oxygen atoms in total. The van der Waals surface area contributed by atoms with Crippen LogP contribution in [0.3, 0.4) is 0 Å². The molecule has 1 unspecified atom stereocenters. The van der Waals surface area contributed by atoms with Gasteiger partial charge in [-0.05, 0) is 75.1 Å². The number of rotatable bonds is 20. The molecule has 0 saturated heterocycles. The molecule has 1 aliphatic rings. The summed E-state index contributed by atoms with van der Waals surface area (Å²) in [5.74, 6) is 1.77. The Labute approximate surface area is 268 Å². The van der Waals surface area contributed by atoms with Gasteiger partial charge in [-0.2, -0.15) is 0 Å². The summed E-state index contributed by atoms with van der Waals surface area (Å²) in [6, 6.07) is 6.15. The minimum atomic E-state index is -0.517. The molecule has 0 aliphatic heterocycles. The van der Waals surface area contributed by atoms with Crippen LogP contribution in [0.15, 0.2) is 18.2 Å². The van der Waals surface area contributed by atoms with Gasteiger partial charge in [-0.1, -0.05) is 59.9 Å². The van der Waals surface area contributed by atoms with E-state index in [2.05, 4.69) is 35.4 Å². The molecule has 0 heterocycles. The second kappa shape index (κ2) is 23.9. The second-order valence-corrected chi connectivity index (χ2v) is 11.9. The van der Waals surface area contributed by atoms with Crippen molar-refractivity contribution in [3.05, 3.63) is 23.8 Å². The predicted molar refractivity (Wildman–Crippen MR) is 180 cm³/mol. The highest BCUT2D eigenvalue weighted by Crippen LogP contribution is 2.32. The van der Waals surface area contributed by atoms with Crippen molar-refractivity contribution in [2.24, 2.45) is 23.5 Å². The number of aliphatic hydroxyl groups excluding tert-OH is 1. The molecule has 5 N–H and O–H groups in total. The molecule has 0 spiro atoms. The number of amides is 2. The lowest BCUT2D eigenvalue weighted by molar-refractivity contribution is -0.129. The topological polar surface area (TPSA) is 132 Å². The molecule has 1 aromatic rings. The smallest absolute Gasteiger partial charge is 0.223 e. The molecular weight excluding hydrogens is 558 g/mol. The standard InChI is InChI=1S/C32H54N2O6.C2H6.CH5N/c1-7-25(19-26-13-14-29(39-6)30(20-26)40-18-10-17-38-5)11-8-12-27(36)21-28(23(2)3)31(37)33-22-32(15-9-16-32)34-24(4)35;2*1-2/h13-14,20,23,25,27-28,36H,7-12,15-19,21-22H2,1-6H3,(H,33,37)(H,34,35);1-2H3;2H2,1H3/t25-,27-,28?;;/m1../s1. The van der Waals surface area contributed by atoms with Crippen molar-refractivity contribution >= 4 is 11.8 Å². The van der Waals surface area contributed by atoms with E-state index in [-0.39, 0.29) is 29.2 Å². The van der Waals surface area contributed by atoms with E-state index >= 15 is 0 Å². The maximum atomic E-state index is 13.0. The molecule has 256 valence electrons. The minimum absolute atomic E-state index is 0.0307. The summed E-state index contributed by atoms with van der Waals surface area (Å²) in [6.45, 7) is 13.5. The first-order valence-corrected chi connectivity index (χ1v) is 16.7. The van der Waals surface area contributed by atoms with Gasteiger partial charge >= 0.3 is 0 Å². The predicted octanol–water partition coefficient (Wildman–Crippen LogP) is 5.65. The number of benzene rings is 1. The normalized spacial score (nSPS) is 15.3. The van der Waals surface area contributed by atoms with Crippen LogP contribution in [-0.4, -0.2) is 69.6 Å². The highest BCUT2D eigenvalue weighted by atomic mass is 16.5. The zero-order chi connectivity index (χ0) is 33.5. The zero-order valence-electron chi connectivity index (χ0n) is 29.3. The van der Waals surface area contributed by atoms with Gasteiger partial charge in [0, 0.05) is 39.5 Å². The Hall–Kier alpha value is -2.36. The van der Waals surface area contributed by atoms with E-state index in [0.29, 0.717) is 38.5 Å². The van der Waals surface area contributed by atoms with Crippen molar-refractivity contribution < 1.29 is 28.9 Å². The van der Waals surface area contributed by atoms with E-state index < -0.39 is 6.10 Å². The van der Waals surface area contributed by atoms with Gasteiger partial charge in [-0.25, -0.2) is 0 Å². The first-order chi connectivity index (χ1) is 21.1. The molecule has 0 bridgehead atoms. The van der Waals surface area contributed by atoms with Gasteiger partial charge in [0.15, 0.2) is 11.5 Å². The van der Waals surface area contributed by atoms with Crippen molar-refractivity contribution in [2.45, 2.75) is 117 Å². The van der Waals surface area contributed by atoms with Crippen LogP contribution >= 0.6 is 0 Å². The molecule has 2 rings (SSSR count). The number of carbonyl (C=O) groups excluding carboxylic acids is 2. The molecule has 3 atom stereocenters. The van der Waals surface area contributed by atoms with Gasteiger partial charge in [0.25, 0.3) is 0 Å². The van der Waals surface area contributed by atoms with E-state index in [9.17, 15) is 14.7 Å². The van der Waals surface area contributed by atoms with Crippen LogP contribution in [0.25, 0.3) is 0 Å². The van der Waals surface area contributed by atoms with Crippen molar-refractivity contribution in [1.82, 2.24) is 10.6 Å². The molecule has 0 aromatic heterocycles. The Morgan fingerprint density at radius 3 is 2.25 bits per heavy atom. The van der Waals surface area contributed by atoms with Crippen molar-refractivity contribution in [3.8, 4) is 11.5 Å². The summed E-state index contributed by atoms with van der Waals surface area (Å²) < 4.78 is 16.5. The number of methoxy groups -OCH3 is 2. The Kier molecular flexibility index (Phi) is 22.7. The average molecular weight is 624 g/mol. The highest BCUT2D eigenvalue weighted by Gasteiger charge is 2.38. The van der Waals surface area contributed by atoms with Crippen LogP contribution in [0.1, 0.15) is 105 Å². The largest absolute Gasteiger partial charge is 0.493 e. The van der Waals surface area contributed by atoms with Crippen molar-refractivity contribution in [3.63, 3.8) is 0 Å². The minimum Gasteiger partial charge on any atom is -0.493 e. The Bertz CT molecular complexity index is 906. The third-order valence-electron chi connectivity index (χ3n) is 8.25. The van der Waals surface area contributed by atoms with E-state index in [1.54, 1.807) is 14.2 Å². The first kappa shape index (κ1) is 41.6. The number of carbonyl (C=O) groups is 2. The SMILES string of the molecule is CC.CC[C@H](CCC[C@@H](O)CC(C(=O)NCC1(NC(C)=O)CCC1)C(C)C)Cc1ccc(OC)c(OCCCOC)c1.CN. The summed E-state index contributed by atoms with van der Waals surface area (Å²) in [5, 5.41) is 16.9. The molecule has 0 radical (unpaired) electrons. The third-order valence-corrected chi connectivity index (χ3v) is 8.25. The lowest BCUT2D eigenvalue weighted by Gasteiger charge is -2.42. The van der Waals surface area contributed by atoms with Crippen molar-refractivity contribution in [2.75, 3.05) is 41.0 Å². The van der Waals surface area contributed by atoms with Gasteiger partial charge in [-0.3, -0.25) is 9.59 Å². The molecule has 1 saturated carbocycles. The fourth-order valence-electron chi connectivity index (χ4n) is 5.58. The van der Waals surface area contributed by atoms with E-state index in [1.165, 1.54) is 19.5 Å². The van der Waals surface area contributed by atoms with Crippen LogP contribution in [0, 0.1) is 17.8 Å². The van der Waals surface area contributed by atoms with E-state index in [0.717, 1.165) is 62.9 Å². The first-order valence-electron chi connectivity index (χ1n) is 16.7. The number of aliphatic hydroxyl groups is 1. The average Bonchev–Trinajstić information content (AvgIpc) is 3.00. The van der Waals surface area contributed by atoms with Crippen LogP contribution in [-0.2, 0) is 20.7 Å². The number of hydrogen-bond donors (Lipinski definition) is 4. The molecule has 1 fully saturated rings. The molecule has 1 aliphatic carbocycles. The Morgan fingerprint density at radius 1 is 1.05 bits per heavy atom. The van der Waals surface area contributed by atoms with E-state index in [4.69, 9.17) is 14.2 Å². The Balaban J connectivity index is 0.00000443. The summed E-state index contributed by atoms with van der Waals surface area (Å²) in [7, 11) is 4.84. The quantitative estimate of drug-likeness (QED) is 0.138. The number of ether oxygens (including phenoxy) is 3. The van der Waals surface area contributed by atoms with E-state index in [1.807, 2.05) is 33.8 Å². The maximum Gasteiger partial charge on any atom is 0.223 e. The second-order valence-electron chi connectivity index (χ2n) is 11.9. The monoisotopic (exact) mass is 623 g/mol. The Morgan fingerprint density at radius 2 is 1.73 bits per heavy atom. The zero-order valence-corrected chi connectivity index (χ0v) is 29.3. The highest BCUT2D eigenvalue weighted by molar-refractivity contribution is 5.79. The molecule has 44 heavy (non-hydrogen) atoms. The lowest BCUT2D eigenvalue weighted by Crippen LogP contribution is -2.60. The summed E-state index contributed by atoms with van der Waals surface area (Å²) >= 11 is 0.